The Morgan fingerprint density at radius 3 is 1.89 bits per heavy atom. The highest BCUT2D eigenvalue weighted by Crippen LogP contribution is 2.33. The second kappa shape index (κ2) is 6.48. The van der Waals surface area contributed by atoms with Crippen LogP contribution < -0.4 is 0 Å². The van der Waals surface area contributed by atoms with Crippen molar-refractivity contribution in [3.05, 3.63) is 89.5 Å². The third kappa shape index (κ3) is 3.04. The maximum atomic E-state index is 12.9. The molecule has 0 saturated carbocycles. The Morgan fingerprint density at radius 1 is 0.741 bits per heavy atom. The number of hydrogen-bond donors (Lipinski definition) is 0. The summed E-state index contributed by atoms with van der Waals surface area (Å²) in [4.78, 5) is 12.9. The molecule has 0 N–H and O–H groups in total. The van der Waals surface area contributed by atoms with Crippen LogP contribution in [0.15, 0.2) is 82.8 Å². The van der Waals surface area contributed by atoms with Gasteiger partial charge < -0.3 is 0 Å². The van der Waals surface area contributed by atoms with Crippen LogP contribution in [0.2, 0.25) is 0 Å². The van der Waals surface area contributed by atoms with E-state index in [2.05, 4.69) is 5.16 Å². The van der Waals surface area contributed by atoms with Crippen molar-refractivity contribution in [3.8, 4) is 11.1 Å². The van der Waals surface area contributed by atoms with Gasteiger partial charge in [0.05, 0.1) is 0 Å². The molecule has 0 spiro atoms. The van der Waals surface area contributed by atoms with Crippen LogP contribution >= 0.6 is 0 Å². The maximum Gasteiger partial charge on any atom is 0.358 e. The zero-order valence-corrected chi connectivity index (χ0v) is 15.2. The summed E-state index contributed by atoms with van der Waals surface area (Å²) in [7, 11) is -4.12. The van der Waals surface area contributed by atoms with Gasteiger partial charge in [-0.25, -0.2) is 0 Å². The summed E-state index contributed by atoms with van der Waals surface area (Å²) >= 11 is 0. The van der Waals surface area contributed by atoms with E-state index in [0.29, 0.717) is 11.1 Å². The average molecular weight is 377 g/mol. The van der Waals surface area contributed by atoms with Crippen molar-refractivity contribution in [2.75, 3.05) is 0 Å². The number of Topliss-reactive ketones (excluding diaryl/α,β-unsaturated/α-hetero) is 1. The quantitative estimate of drug-likeness (QED) is 0.648. The minimum Gasteiger partial charge on any atom is -0.287 e. The lowest BCUT2D eigenvalue weighted by atomic mass is 9.83. The molecule has 1 aliphatic rings. The number of rotatable bonds is 3. The lowest BCUT2D eigenvalue weighted by Gasteiger charge is -2.19. The fourth-order valence-corrected chi connectivity index (χ4v) is 3.74. The summed E-state index contributed by atoms with van der Waals surface area (Å²) in [6, 6.07) is 20.6. The minimum absolute atomic E-state index is 0.0191. The summed E-state index contributed by atoms with van der Waals surface area (Å²) in [6.07, 6.45) is 0. The van der Waals surface area contributed by atoms with Gasteiger partial charge in [0, 0.05) is 11.1 Å². The largest absolute Gasteiger partial charge is 0.358 e. The number of hydrogen-bond acceptors (Lipinski definition) is 5. The lowest BCUT2D eigenvalue weighted by Crippen LogP contribution is -2.23. The first-order valence-corrected chi connectivity index (χ1v) is 9.70. The van der Waals surface area contributed by atoms with Crippen molar-refractivity contribution in [1.29, 1.82) is 0 Å². The molecule has 27 heavy (non-hydrogen) atoms. The van der Waals surface area contributed by atoms with E-state index >= 15 is 0 Å². The minimum atomic E-state index is -4.12. The first kappa shape index (κ1) is 17.2. The first-order chi connectivity index (χ1) is 13.0. The van der Waals surface area contributed by atoms with E-state index in [9.17, 15) is 13.2 Å². The van der Waals surface area contributed by atoms with Crippen molar-refractivity contribution in [2.24, 2.45) is 5.16 Å². The fraction of sp³-hybridized carbons (Fsp3) is 0.0476. The zero-order chi connectivity index (χ0) is 19.0. The van der Waals surface area contributed by atoms with Crippen LogP contribution in [-0.2, 0) is 14.4 Å². The van der Waals surface area contributed by atoms with Crippen LogP contribution in [0, 0.1) is 6.92 Å². The molecule has 0 aromatic heterocycles. The third-order valence-corrected chi connectivity index (χ3v) is 5.52. The van der Waals surface area contributed by atoms with Gasteiger partial charge in [-0.05, 0) is 30.2 Å². The van der Waals surface area contributed by atoms with Crippen LogP contribution in [0.25, 0.3) is 11.1 Å². The molecular formula is C21H15NO4S. The van der Waals surface area contributed by atoms with E-state index in [1.165, 1.54) is 12.1 Å². The normalized spacial score (nSPS) is 14.6. The highest BCUT2D eigenvalue weighted by Gasteiger charge is 2.29. The van der Waals surface area contributed by atoms with Crippen LogP contribution in [0.3, 0.4) is 0 Å². The Bertz CT molecular complexity index is 1180. The molecule has 0 heterocycles. The number of benzene rings is 3. The molecule has 1 aliphatic carbocycles. The molecule has 0 aliphatic heterocycles. The molecular weight excluding hydrogens is 362 g/mol. The molecule has 0 radical (unpaired) electrons. The topological polar surface area (TPSA) is 72.8 Å². The van der Waals surface area contributed by atoms with Gasteiger partial charge in [-0.15, -0.1) is 0 Å². The third-order valence-electron chi connectivity index (χ3n) is 4.40. The molecule has 0 atom stereocenters. The van der Waals surface area contributed by atoms with E-state index < -0.39 is 10.1 Å². The summed E-state index contributed by atoms with van der Waals surface area (Å²) in [6.45, 7) is 1.85. The SMILES string of the molecule is Cc1ccc(S(=O)(=O)ON=C2C(=O)c3ccccc3-c3ccccc32)cc1. The molecule has 3 aromatic carbocycles. The van der Waals surface area contributed by atoms with Crippen LogP contribution in [0.4, 0.5) is 0 Å². The van der Waals surface area contributed by atoms with Crippen molar-refractivity contribution < 1.29 is 17.5 Å². The molecule has 134 valence electrons. The first-order valence-electron chi connectivity index (χ1n) is 8.29. The predicted octanol–water partition coefficient (Wildman–Crippen LogP) is 3.97. The Kier molecular flexibility index (Phi) is 4.12. The Morgan fingerprint density at radius 2 is 1.26 bits per heavy atom. The van der Waals surface area contributed by atoms with Gasteiger partial charge in [-0.3, -0.25) is 9.08 Å². The van der Waals surface area contributed by atoms with Crippen molar-refractivity contribution in [1.82, 2.24) is 0 Å². The van der Waals surface area contributed by atoms with E-state index in [1.54, 1.807) is 36.4 Å². The van der Waals surface area contributed by atoms with Crippen LogP contribution in [-0.4, -0.2) is 19.9 Å². The van der Waals surface area contributed by atoms with Gasteiger partial charge in [0.15, 0.2) is 5.71 Å². The zero-order valence-electron chi connectivity index (χ0n) is 14.4. The standard InChI is InChI=1S/C21H15NO4S/c1-14-10-12-15(13-11-14)27(24,25)26-22-20-18-8-4-2-6-16(18)17-7-3-5-9-19(17)21(20)23/h2-13H,1H3. The van der Waals surface area contributed by atoms with E-state index in [-0.39, 0.29) is 16.4 Å². The number of carbonyl (C=O) groups excluding carboxylic acids is 1. The van der Waals surface area contributed by atoms with E-state index in [1.807, 2.05) is 31.2 Å². The number of oxime groups is 1. The summed E-state index contributed by atoms with van der Waals surface area (Å²) in [5.41, 5.74) is 3.50. The van der Waals surface area contributed by atoms with E-state index in [0.717, 1.165) is 16.7 Å². The van der Waals surface area contributed by atoms with Crippen molar-refractivity contribution >= 4 is 21.6 Å². The van der Waals surface area contributed by atoms with Gasteiger partial charge in [-0.1, -0.05) is 71.4 Å². The summed E-state index contributed by atoms with van der Waals surface area (Å²) in [5, 5.41) is 3.75. The number of aryl methyl sites for hydroxylation is 1. The van der Waals surface area contributed by atoms with Crippen molar-refractivity contribution in [3.63, 3.8) is 0 Å². The fourth-order valence-electron chi connectivity index (χ4n) is 3.02. The number of fused-ring (bicyclic) bond motifs is 3. The molecule has 0 saturated heterocycles. The van der Waals surface area contributed by atoms with Gasteiger partial charge in [0.2, 0.25) is 5.78 Å². The Hall–Kier alpha value is -3.25. The van der Waals surface area contributed by atoms with Gasteiger partial charge in [-0.2, -0.15) is 8.42 Å². The van der Waals surface area contributed by atoms with Crippen LogP contribution in [0.1, 0.15) is 21.5 Å². The second-order valence-electron chi connectivity index (χ2n) is 6.20. The smallest absolute Gasteiger partial charge is 0.287 e. The Labute approximate surface area is 157 Å². The van der Waals surface area contributed by atoms with Crippen molar-refractivity contribution in [2.45, 2.75) is 11.8 Å². The second-order valence-corrected chi connectivity index (χ2v) is 7.73. The molecule has 0 bridgehead atoms. The highest BCUT2D eigenvalue weighted by atomic mass is 32.2. The monoisotopic (exact) mass is 377 g/mol. The highest BCUT2D eigenvalue weighted by molar-refractivity contribution is 7.86. The number of ketones is 1. The molecule has 0 fully saturated rings. The van der Waals surface area contributed by atoms with Crippen LogP contribution in [0.5, 0.6) is 0 Å². The number of carbonyl (C=O) groups is 1. The molecule has 4 rings (SSSR count). The van der Waals surface area contributed by atoms with Gasteiger partial charge in [0.25, 0.3) is 0 Å². The molecule has 0 unspecified atom stereocenters. The maximum absolute atomic E-state index is 12.9. The molecule has 0 amide bonds. The van der Waals surface area contributed by atoms with Gasteiger partial charge >= 0.3 is 10.1 Å². The summed E-state index contributed by atoms with van der Waals surface area (Å²) in [5.74, 6) is -0.372. The Balaban J connectivity index is 1.78. The molecule has 3 aromatic rings. The lowest BCUT2D eigenvalue weighted by molar-refractivity contribution is 0.106. The summed E-state index contributed by atoms with van der Waals surface area (Å²) < 4.78 is 29.7. The predicted molar refractivity (Wildman–Crippen MR) is 102 cm³/mol. The number of nitrogens with zero attached hydrogens (tertiary/aromatic N) is 1. The molecule has 5 nitrogen and oxygen atoms in total. The van der Waals surface area contributed by atoms with E-state index in [4.69, 9.17) is 4.28 Å². The average Bonchev–Trinajstić information content (AvgIpc) is 2.68. The molecule has 6 heteroatoms. The van der Waals surface area contributed by atoms with Gasteiger partial charge in [0.1, 0.15) is 4.90 Å².